The Balaban J connectivity index is 1.19. The summed E-state index contributed by atoms with van der Waals surface area (Å²) < 4.78 is 0. The van der Waals surface area contributed by atoms with Crippen LogP contribution < -0.4 is 14.7 Å². The molecule has 0 saturated carbocycles. The third kappa shape index (κ3) is 7.17. The number of amides is 4. The van der Waals surface area contributed by atoms with Crippen LogP contribution in [0.25, 0.3) is 0 Å². The van der Waals surface area contributed by atoms with Crippen molar-refractivity contribution in [2.75, 3.05) is 21.3 Å². The Kier molecular flexibility index (Phi) is 10.7. The molecule has 5 aromatic rings. The van der Waals surface area contributed by atoms with Gasteiger partial charge in [-0.05, 0) is 77.7 Å². The van der Waals surface area contributed by atoms with Gasteiger partial charge >= 0.3 is 0 Å². The predicted molar refractivity (Wildman–Crippen MR) is 212 cm³/mol. The number of para-hydroxylation sites is 2. The van der Waals surface area contributed by atoms with Crippen molar-refractivity contribution in [3.8, 4) is 0 Å². The largest absolute Gasteiger partial charge is 0.394 e. The SMILES string of the molecule is C[C@@H](/C=C/CC(=O)N1Cc2ccccc2C[C@H]1CO)[C@]1(O)C(=O)N(Cc2cccc(N(C=O)c3ccccc3)c2)c2ccc(N(C=O)c3ccccc3)cc21. The van der Waals surface area contributed by atoms with E-state index < -0.39 is 17.4 Å². The molecule has 2 N–H and O–H groups in total. The highest BCUT2D eigenvalue weighted by Crippen LogP contribution is 2.48. The van der Waals surface area contributed by atoms with Crippen LogP contribution in [0.15, 0.2) is 140 Å². The highest BCUT2D eigenvalue weighted by atomic mass is 16.3. The van der Waals surface area contributed by atoms with Gasteiger partial charge in [-0.3, -0.25) is 29.0 Å². The number of aliphatic hydroxyl groups excluding tert-OH is 1. The number of carbonyl (C=O) groups excluding carboxylic acids is 4. The molecule has 4 amide bonds. The van der Waals surface area contributed by atoms with Gasteiger partial charge in [-0.1, -0.05) is 91.9 Å². The number of carbonyl (C=O) groups is 4. The molecule has 0 bridgehead atoms. The van der Waals surface area contributed by atoms with Gasteiger partial charge in [-0.25, -0.2) is 0 Å². The maximum Gasteiger partial charge on any atom is 0.264 e. The molecular formula is C45H42N4O6. The summed E-state index contributed by atoms with van der Waals surface area (Å²) in [7, 11) is 0. The van der Waals surface area contributed by atoms with Gasteiger partial charge < -0.3 is 20.0 Å². The van der Waals surface area contributed by atoms with Crippen LogP contribution in [-0.2, 0) is 44.3 Å². The molecule has 55 heavy (non-hydrogen) atoms. The zero-order valence-electron chi connectivity index (χ0n) is 30.4. The van der Waals surface area contributed by atoms with Gasteiger partial charge in [0.15, 0.2) is 5.60 Å². The monoisotopic (exact) mass is 734 g/mol. The average molecular weight is 735 g/mol. The van der Waals surface area contributed by atoms with Gasteiger partial charge in [-0.2, -0.15) is 0 Å². The maximum absolute atomic E-state index is 14.6. The number of rotatable bonds is 13. The third-order valence-corrected chi connectivity index (χ3v) is 10.6. The molecule has 2 heterocycles. The summed E-state index contributed by atoms with van der Waals surface area (Å²) in [5.41, 5.74) is 4.01. The van der Waals surface area contributed by atoms with Crippen molar-refractivity contribution in [3.63, 3.8) is 0 Å². The summed E-state index contributed by atoms with van der Waals surface area (Å²) in [6, 6.07) is 38.3. The van der Waals surface area contributed by atoms with Gasteiger partial charge in [0.2, 0.25) is 18.7 Å². The smallest absolute Gasteiger partial charge is 0.264 e. The maximum atomic E-state index is 14.6. The van der Waals surface area contributed by atoms with E-state index in [1.165, 1.54) is 14.7 Å². The van der Waals surface area contributed by atoms with Crippen molar-refractivity contribution >= 4 is 53.1 Å². The Morgan fingerprint density at radius 1 is 0.800 bits per heavy atom. The Labute approximate surface area is 320 Å². The Hall–Kier alpha value is -6.36. The van der Waals surface area contributed by atoms with E-state index in [-0.39, 0.29) is 31.5 Å². The van der Waals surface area contributed by atoms with E-state index in [1.54, 1.807) is 54.3 Å². The lowest BCUT2D eigenvalue weighted by atomic mass is 9.82. The second-order valence-electron chi connectivity index (χ2n) is 13.9. The van der Waals surface area contributed by atoms with Crippen molar-refractivity contribution in [2.24, 2.45) is 5.92 Å². The number of hydrogen-bond acceptors (Lipinski definition) is 6. The molecule has 0 unspecified atom stereocenters. The molecule has 5 aromatic carbocycles. The van der Waals surface area contributed by atoms with Gasteiger partial charge in [0.1, 0.15) is 0 Å². The second-order valence-corrected chi connectivity index (χ2v) is 13.9. The topological polar surface area (TPSA) is 122 Å². The molecule has 0 radical (unpaired) electrons. The molecule has 0 fully saturated rings. The Morgan fingerprint density at radius 3 is 2.04 bits per heavy atom. The molecule has 2 aliphatic rings. The second kappa shape index (κ2) is 15.9. The molecule has 7 rings (SSSR count). The van der Waals surface area contributed by atoms with E-state index in [2.05, 4.69) is 0 Å². The first kappa shape index (κ1) is 37.0. The van der Waals surface area contributed by atoms with E-state index >= 15 is 0 Å². The van der Waals surface area contributed by atoms with Gasteiger partial charge in [0, 0.05) is 47.2 Å². The lowest BCUT2D eigenvalue weighted by Gasteiger charge is -2.36. The zero-order chi connectivity index (χ0) is 38.5. The van der Waals surface area contributed by atoms with Crippen LogP contribution in [0.4, 0.5) is 28.4 Å². The fourth-order valence-corrected chi connectivity index (χ4v) is 7.62. The summed E-state index contributed by atoms with van der Waals surface area (Å²) in [4.78, 5) is 58.9. The third-order valence-electron chi connectivity index (χ3n) is 10.6. The fraction of sp³-hybridized carbons (Fsp3) is 0.200. The number of benzene rings is 5. The summed E-state index contributed by atoms with van der Waals surface area (Å²) in [5.74, 6) is -1.52. The molecule has 0 spiro atoms. The molecule has 0 aromatic heterocycles. The van der Waals surface area contributed by atoms with E-state index in [1.807, 2.05) is 97.1 Å². The summed E-state index contributed by atoms with van der Waals surface area (Å²) in [5, 5.41) is 22.7. The zero-order valence-corrected chi connectivity index (χ0v) is 30.4. The fourth-order valence-electron chi connectivity index (χ4n) is 7.62. The highest BCUT2D eigenvalue weighted by Gasteiger charge is 2.52. The van der Waals surface area contributed by atoms with Crippen molar-refractivity contribution in [1.29, 1.82) is 0 Å². The minimum Gasteiger partial charge on any atom is -0.394 e. The highest BCUT2D eigenvalue weighted by molar-refractivity contribution is 6.08. The Morgan fingerprint density at radius 2 is 1.40 bits per heavy atom. The number of fused-ring (bicyclic) bond motifs is 2. The lowest BCUT2D eigenvalue weighted by Crippen LogP contribution is -2.46. The molecule has 2 aliphatic heterocycles. The van der Waals surface area contributed by atoms with Crippen molar-refractivity contribution in [1.82, 2.24) is 4.90 Å². The van der Waals surface area contributed by atoms with Crippen molar-refractivity contribution in [3.05, 3.63) is 162 Å². The first-order valence-electron chi connectivity index (χ1n) is 18.3. The van der Waals surface area contributed by atoms with Gasteiger partial charge in [-0.15, -0.1) is 0 Å². The van der Waals surface area contributed by atoms with Crippen LogP contribution in [-0.4, -0.2) is 52.4 Å². The molecule has 278 valence electrons. The van der Waals surface area contributed by atoms with E-state index in [4.69, 9.17) is 0 Å². The number of nitrogens with zero attached hydrogens (tertiary/aromatic N) is 4. The van der Waals surface area contributed by atoms with Crippen LogP contribution in [0.1, 0.15) is 35.6 Å². The molecule has 0 aliphatic carbocycles. The van der Waals surface area contributed by atoms with E-state index in [0.717, 1.165) is 23.1 Å². The summed E-state index contributed by atoms with van der Waals surface area (Å²) in [6.45, 7) is 2.05. The minimum absolute atomic E-state index is 0.0122. The van der Waals surface area contributed by atoms with Gasteiger partial charge in [0.05, 0.1) is 24.9 Å². The normalized spacial score (nSPS) is 18.1. The van der Waals surface area contributed by atoms with Crippen molar-refractivity contribution in [2.45, 2.75) is 44.5 Å². The van der Waals surface area contributed by atoms with E-state index in [0.29, 0.717) is 53.4 Å². The van der Waals surface area contributed by atoms with Crippen LogP contribution in [0.5, 0.6) is 0 Å². The summed E-state index contributed by atoms with van der Waals surface area (Å²) in [6.07, 6.45) is 5.35. The lowest BCUT2D eigenvalue weighted by molar-refractivity contribution is -0.139. The van der Waals surface area contributed by atoms with Crippen LogP contribution in [0.2, 0.25) is 0 Å². The van der Waals surface area contributed by atoms with Crippen molar-refractivity contribution < 1.29 is 29.4 Å². The molecule has 10 heteroatoms. The standard InChI is InChI=1S/C45H42N4O6/c1-32(12-10-21-43(53)46-28-35-15-9-8-14-34(35)25-40(46)29-50)45(55)41-26-39(49(31-52)37-18-6-3-7-19-37)22-23-42(41)47(44(45)54)27-33-13-11-20-38(24-33)48(30-51)36-16-4-2-5-17-36/h2-20,22-24,26,30-32,40,50,55H,21,25,27-29H2,1H3/b12-10+/t32-,40-,45+/m0/s1. The van der Waals surface area contributed by atoms with Crippen LogP contribution >= 0.6 is 0 Å². The Bertz CT molecular complexity index is 2230. The predicted octanol–water partition coefficient (Wildman–Crippen LogP) is 6.54. The molecule has 10 nitrogen and oxygen atoms in total. The minimum atomic E-state index is -2.05. The first-order chi connectivity index (χ1) is 26.8. The molecule has 0 saturated heterocycles. The first-order valence-corrected chi connectivity index (χ1v) is 18.3. The van der Waals surface area contributed by atoms with Crippen LogP contribution in [0, 0.1) is 5.92 Å². The number of hydrogen-bond donors (Lipinski definition) is 2. The quantitative estimate of drug-likeness (QED) is 0.105. The van der Waals surface area contributed by atoms with E-state index in [9.17, 15) is 29.4 Å². The average Bonchev–Trinajstić information content (AvgIpc) is 3.43. The molecular weight excluding hydrogens is 693 g/mol. The molecule has 3 atom stereocenters. The number of aliphatic hydroxyl groups is 2. The number of anilines is 5. The summed E-state index contributed by atoms with van der Waals surface area (Å²) >= 11 is 0. The van der Waals surface area contributed by atoms with Crippen LogP contribution in [0.3, 0.4) is 0 Å². The van der Waals surface area contributed by atoms with Gasteiger partial charge in [0.25, 0.3) is 5.91 Å².